The van der Waals surface area contributed by atoms with Crippen LogP contribution in [-0.4, -0.2) is 49.7 Å². The van der Waals surface area contributed by atoms with Crippen molar-refractivity contribution in [2.24, 2.45) is 0 Å². The molecule has 4 heterocycles. The maximum absolute atomic E-state index is 6.86. The van der Waals surface area contributed by atoms with Crippen molar-refractivity contribution in [1.29, 1.82) is 0 Å². The average Bonchev–Trinajstić information content (AvgIpc) is 3.75. The molecule has 47 heavy (non-hydrogen) atoms. The highest BCUT2D eigenvalue weighted by atomic mass is 16.8. The van der Waals surface area contributed by atoms with Crippen molar-refractivity contribution in [3.8, 4) is 18.1 Å². The largest absolute Gasteiger partial charge is 0.497 e. The molecule has 2 saturated heterocycles. The zero-order chi connectivity index (χ0) is 32.9. The number of terminal acetylenes is 1. The molecule has 0 aliphatic carbocycles. The van der Waals surface area contributed by atoms with E-state index in [0.717, 1.165) is 22.4 Å². The van der Waals surface area contributed by atoms with Crippen LogP contribution in [0.3, 0.4) is 0 Å². The second-order valence-corrected chi connectivity index (χ2v) is 12.6. The Morgan fingerprint density at radius 1 is 0.872 bits per heavy atom. The summed E-state index contributed by atoms with van der Waals surface area (Å²) >= 11 is 0. The lowest BCUT2D eigenvalue weighted by Gasteiger charge is -2.37. The first-order chi connectivity index (χ1) is 22.8. The van der Waals surface area contributed by atoms with Gasteiger partial charge in [0.25, 0.3) is 0 Å². The number of rotatable bonds is 9. The second-order valence-electron chi connectivity index (χ2n) is 12.6. The predicted molar refractivity (Wildman–Crippen MR) is 180 cm³/mol. The molecule has 5 aromatic rings. The molecule has 1 N–H and O–H groups in total. The third kappa shape index (κ3) is 4.70. The molecule has 0 radical (unpaired) electrons. The van der Waals surface area contributed by atoms with Gasteiger partial charge in [0.1, 0.15) is 29.3 Å². The molecule has 0 spiro atoms. The van der Waals surface area contributed by atoms with Crippen LogP contribution in [0.2, 0.25) is 0 Å². The van der Waals surface area contributed by atoms with E-state index in [0.29, 0.717) is 29.8 Å². The minimum atomic E-state index is -1.19. The SMILES string of the molecule is C#C[C@@]12OC(C)(C)O[C@@H]1C(CC)(CC)OC2n1cnc2c(NC(c3ccccc3)(c3ccccc3)c3ccc(OC)cc3)ncnc21. The van der Waals surface area contributed by atoms with Crippen LogP contribution in [0.25, 0.3) is 11.2 Å². The van der Waals surface area contributed by atoms with E-state index >= 15 is 0 Å². The standard InChI is InChI=1S/C38H39N5O4/c1-7-36(8-2)33-37(9-3,47-35(4,5)45-33)34(46-36)43-25-41-30-31(39-24-40-32(30)43)42-38(26-16-12-10-13-17-26,27-18-14-11-15-19-27)28-20-22-29(44-6)23-21-28/h3,10-25,33-34H,7-8H2,1-2,4-6H3,(H,39,40,42)/t33-,34?,37-/m1/s1. The molecular weight excluding hydrogens is 590 g/mol. The minimum absolute atomic E-state index is 0.481. The Hall–Kier alpha value is -4.75. The number of hydrogen-bond acceptors (Lipinski definition) is 8. The van der Waals surface area contributed by atoms with Crippen LogP contribution in [-0.2, 0) is 19.7 Å². The summed E-state index contributed by atoms with van der Waals surface area (Å²) in [4.78, 5) is 14.4. The Labute approximate surface area is 275 Å². The Kier molecular flexibility index (Phi) is 7.55. The average molecular weight is 630 g/mol. The molecule has 3 aromatic carbocycles. The van der Waals surface area contributed by atoms with Crippen molar-refractivity contribution >= 4 is 17.0 Å². The highest BCUT2D eigenvalue weighted by molar-refractivity contribution is 5.84. The van der Waals surface area contributed by atoms with E-state index in [-0.39, 0.29) is 0 Å². The van der Waals surface area contributed by atoms with Gasteiger partial charge < -0.3 is 24.3 Å². The van der Waals surface area contributed by atoms with E-state index in [9.17, 15) is 0 Å². The van der Waals surface area contributed by atoms with Crippen LogP contribution in [0, 0.1) is 12.3 Å². The number of imidazole rings is 1. The molecule has 2 aliphatic rings. The first-order valence-electron chi connectivity index (χ1n) is 16.0. The molecule has 2 aromatic heterocycles. The van der Waals surface area contributed by atoms with E-state index < -0.39 is 34.9 Å². The Morgan fingerprint density at radius 3 is 2.06 bits per heavy atom. The van der Waals surface area contributed by atoms with Crippen molar-refractivity contribution in [1.82, 2.24) is 19.5 Å². The first-order valence-corrected chi connectivity index (χ1v) is 16.0. The van der Waals surface area contributed by atoms with Gasteiger partial charge in [0.2, 0.25) is 5.60 Å². The molecule has 3 atom stereocenters. The maximum Gasteiger partial charge on any atom is 0.205 e. The van der Waals surface area contributed by atoms with Crippen LogP contribution >= 0.6 is 0 Å². The first kappa shape index (κ1) is 30.9. The van der Waals surface area contributed by atoms with Gasteiger partial charge in [0.05, 0.1) is 13.4 Å². The molecule has 2 fully saturated rings. The number of nitrogens with zero attached hydrogens (tertiary/aromatic N) is 4. The van der Waals surface area contributed by atoms with Crippen LogP contribution in [0.1, 0.15) is 63.5 Å². The number of methoxy groups -OCH3 is 1. The molecule has 0 amide bonds. The van der Waals surface area contributed by atoms with Gasteiger partial charge in [-0.15, -0.1) is 6.42 Å². The van der Waals surface area contributed by atoms with Gasteiger partial charge in [-0.05, 0) is 55.5 Å². The summed E-state index contributed by atoms with van der Waals surface area (Å²) in [6, 6.07) is 28.7. The molecular formula is C38H39N5O4. The third-order valence-corrected chi connectivity index (χ3v) is 9.67. The fourth-order valence-electron chi connectivity index (χ4n) is 7.36. The summed E-state index contributed by atoms with van der Waals surface area (Å²) in [6.07, 6.45) is 9.73. The third-order valence-electron chi connectivity index (χ3n) is 9.67. The summed E-state index contributed by atoms with van der Waals surface area (Å²) in [5.41, 5.74) is 1.44. The zero-order valence-corrected chi connectivity index (χ0v) is 27.3. The van der Waals surface area contributed by atoms with Gasteiger partial charge in [0.15, 0.2) is 29.0 Å². The number of aromatic nitrogens is 4. The van der Waals surface area contributed by atoms with Crippen molar-refractivity contribution < 1.29 is 18.9 Å². The summed E-state index contributed by atoms with van der Waals surface area (Å²) < 4.78 is 27.3. The second kappa shape index (κ2) is 11.5. The van der Waals surface area contributed by atoms with Crippen molar-refractivity contribution in [3.05, 3.63) is 114 Å². The smallest absolute Gasteiger partial charge is 0.205 e. The van der Waals surface area contributed by atoms with Crippen LogP contribution in [0.4, 0.5) is 5.82 Å². The molecule has 2 aliphatic heterocycles. The molecule has 9 heteroatoms. The highest BCUT2D eigenvalue weighted by Gasteiger charge is 2.71. The van der Waals surface area contributed by atoms with E-state index in [4.69, 9.17) is 40.3 Å². The topological polar surface area (TPSA) is 92.6 Å². The summed E-state index contributed by atoms with van der Waals surface area (Å²) in [6.45, 7) is 7.95. The van der Waals surface area contributed by atoms with Crippen molar-refractivity contribution in [2.45, 2.75) is 75.4 Å². The van der Waals surface area contributed by atoms with E-state index in [2.05, 4.69) is 61.5 Å². The Balaban J connectivity index is 1.41. The Bertz CT molecular complexity index is 1880. The molecule has 240 valence electrons. The number of fused-ring (bicyclic) bond motifs is 2. The lowest BCUT2D eigenvalue weighted by molar-refractivity contribution is -0.229. The summed E-state index contributed by atoms with van der Waals surface area (Å²) in [5.74, 6) is 3.37. The number of benzene rings is 3. The number of hydrogen-bond donors (Lipinski definition) is 1. The quantitative estimate of drug-likeness (QED) is 0.140. The van der Waals surface area contributed by atoms with Crippen molar-refractivity contribution in [2.75, 3.05) is 12.4 Å². The van der Waals surface area contributed by atoms with E-state index in [1.165, 1.54) is 6.33 Å². The Morgan fingerprint density at radius 2 is 1.49 bits per heavy atom. The van der Waals surface area contributed by atoms with Gasteiger partial charge >= 0.3 is 0 Å². The number of anilines is 1. The lowest BCUT2D eigenvalue weighted by atomic mass is 9.77. The van der Waals surface area contributed by atoms with E-state index in [1.54, 1.807) is 13.4 Å². The lowest BCUT2D eigenvalue weighted by Crippen LogP contribution is -2.47. The molecule has 9 nitrogen and oxygen atoms in total. The molecule has 1 unspecified atom stereocenters. The number of nitrogens with one attached hydrogen (secondary N) is 1. The van der Waals surface area contributed by atoms with Gasteiger partial charge in [-0.2, -0.15) is 0 Å². The summed E-state index contributed by atoms with van der Waals surface area (Å²) in [7, 11) is 1.66. The van der Waals surface area contributed by atoms with Gasteiger partial charge in [-0.25, -0.2) is 15.0 Å². The highest BCUT2D eigenvalue weighted by Crippen LogP contribution is 2.57. The molecule has 0 saturated carbocycles. The van der Waals surface area contributed by atoms with E-state index in [1.807, 2.05) is 66.9 Å². The monoisotopic (exact) mass is 629 g/mol. The maximum atomic E-state index is 6.86. The van der Waals surface area contributed by atoms with Crippen LogP contribution in [0.5, 0.6) is 5.75 Å². The van der Waals surface area contributed by atoms with Gasteiger partial charge in [0, 0.05) is 0 Å². The fourth-order valence-corrected chi connectivity index (χ4v) is 7.36. The molecule has 0 bridgehead atoms. The summed E-state index contributed by atoms with van der Waals surface area (Å²) in [5, 5.41) is 3.84. The van der Waals surface area contributed by atoms with Crippen LogP contribution in [0.15, 0.2) is 97.6 Å². The zero-order valence-electron chi connectivity index (χ0n) is 27.3. The van der Waals surface area contributed by atoms with Crippen molar-refractivity contribution in [3.63, 3.8) is 0 Å². The molecule has 7 rings (SSSR count). The predicted octanol–water partition coefficient (Wildman–Crippen LogP) is 6.85. The van der Waals surface area contributed by atoms with Crippen LogP contribution < -0.4 is 10.1 Å². The number of ether oxygens (including phenoxy) is 4. The van der Waals surface area contributed by atoms with Gasteiger partial charge in [-0.3, -0.25) is 4.57 Å². The normalized spacial score (nSPS) is 22.9. The minimum Gasteiger partial charge on any atom is -0.497 e. The van der Waals surface area contributed by atoms with Gasteiger partial charge in [-0.1, -0.05) is 92.6 Å². The fraction of sp³-hybridized carbons (Fsp3) is 0.342.